The Morgan fingerprint density at radius 3 is 2.50 bits per heavy atom. The monoisotopic (exact) mass is 462 g/mol. The van der Waals surface area contributed by atoms with E-state index in [1.807, 2.05) is 26.0 Å². The number of rotatable bonds is 7. The Balaban J connectivity index is 0.000000271. The van der Waals surface area contributed by atoms with Gasteiger partial charge in [-0.1, -0.05) is 38.8 Å². The maximum absolute atomic E-state index is 13.8. The van der Waals surface area contributed by atoms with Gasteiger partial charge in [0.25, 0.3) is 0 Å². The van der Waals surface area contributed by atoms with Gasteiger partial charge in [0.15, 0.2) is 5.82 Å². The number of aryl methyl sites for hydroxylation is 2. The SMILES string of the molecule is CCCCC1(CC)COC1.Cc1cc2c(NCc3cccc(C#N)c3C)nnc(C)c2cc1F. The van der Waals surface area contributed by atoms with Crippen LogP contribution in [0.2, 0.25) is 0 Å². The number of anilines is 1. The van der Waals surface area contributed by atoms with Crippen molar-refractivity contribution in [3.63, 3.8) is 0 Å². The van der Waals surface area contributed by atoms with Crippen LogP contribution < -0.4 is 5.32 Å². The molecule has 1 aromatic heterocycles. The quantitative estimate of drug-likeness (QED) is 0.419. The highest BCUT2D eigenvalue weighted by Gasteiger charge is 2.35. The topological polar surface area (TPSA) is 70.8 Å². The Bertz CT molecular complexity index is 1180. The highest BCUT2D eigenvalue weighted by molar-refractivity contribution is 5.93. The lowest BCUT2D eigenvalue weighted by atomic mass is 9.79. The van der Waals surface area contributed by atoms with Crippen molar-refractivity contribution in [2.24, 2.45) is 5.41 Å². The van der Waals surface area contributed by atoms with E-state index in [1.54, 1.807) is 19.1 Å². The Labute approximate surface area is 202 Å². The molecule has 0 radical (unpaired) electrons. The predicted octanol–water partition coefficient (Wildman–Crippen LogP) is 6.78. The van der Waals surface area contributed by atoms with Gasteiger partial charge in [0.05, 0.1) is 30.5 Å². The lowest BCUT2D eigenvalue weighted by molar-refractivity contribution is -0.120. The standard InChI is InChI=1S/C19H17FN4.C9H18O/c1-11-7-17-16(8-18(11)20)13(3)23-24-19(17)22-10-15-6-4-5-14(9-21)12(15)2;1-3-5-6-9(4-2)7-10-8-9/h4-8H,10H2,1-3H3,(H,22,24);3-8H2,1-2H3. The van der Waals surface area contributed by atoms with E-state index in [2.05, 4.69) is 35.4 Å². The first-order valence-electron chi connectivity index (χ1n) is 12.1. The van der Waals surface area contributed by atoms with E-state index in [0.717, 1.165) is 35.1 Å². The van der Waals surface area contributed by atoms with Gasteiger partial charge in [-0.3, -0.25) is 0 Å². The molecule has 1 saturated heterocycles. The van der Waals surface area contributed by atoms with Crippen LogP contribution in [-0.2, 0) is 11.3 Å². The number of halogens is 1. The van der Waals surface area contributed by atoms with Crippen LogP contribution in [0, 0.1) is 43.3 Å². The molecule has 34 heavy (non-hydrogen) atoms. The third-order valence-corrected chi connectivity index (χ3v) is 6.88. The molecule has 4 rings (SSSR count). The number of unbranched alkanes of at least 4 members (excludes halogenated alkanes) is 1. The van der Waals surface area contributed by atoms with E-state index in [4.69, 9.17) is 10.00 Å². The Morgan fingerprint density at radius 1 is 1.12 bits per heavy atom. The Kier molecular flexibility index (Phi) is 8.57. The summed E-state index contributed by atoms with van der Waals surface area (Å²) in [5, 5.41) is 22.3. The van der Waals surface area contributed by atoms with Gasteiger partial charge >= 0.3 is 0 Å². The van der Waals surface area contributed by atoms with E-state index >= 15 is 0 Å². The minimum absolute atomic E-state index is 0.248. The van der Waals surface area contributed by atoms with E-state index in [1.165, 1.54) is 31.7 Å². The number of nitrogens with zero attached hydrogens (tertiary/aromatic N) is 3. The number of hydrogen-bond acceptors (Lipinski definition) is 5. The van der Waals surface area contributed by atoms with Crippen molar-refractivity contribution in [3.8, 4) is 6.07 Å². The molecule has 0 aliphatic carbocycles. The summed E-state index contributed by atoms with van der Waals surface area (Å²) in [6, 6.07) is 11.1. The van der Waals surface area contributed by atoms with Crippen LogP contribution in [0.1, 0.15) is 67.5 Å². The van der Waals surface area contributed by atoms with Gasteiger partial charge in [0.2, 0.25) is 0 Å². The molecule has 1 aliphatic rings. The van der Waals surface area contributed by atoms with Crippen LogP contribution in [0.25, 0.3) is 10.8 Å². The molecule has 0 bridgehead atoms. The second-order valence-corrected chi connectivity index (χ2v) is 9.29. The summed E-state index contributed by atoms with van der Waals surface area (Å²) in [6.45, 7) is 12.6. The fraction of sp³-hybridized carbons (Fsp3) is 0.464. The first kappa shape index (κ1) is 25.6. The molecule has 0 saturated carbocycles. The Hall–Kier alpha value is -3.04. The number of nitrogens with one attached hydrogen (secondary N) is 1. The van der Waals surface area contributed by atoms with Crippen molar-refractivity contribution >= 4 is 16.6 Å². The average molecular weight is 463 g/mol. The van der Waals surface area contributed by atoms with Gasteiger partial charge in [0, 0.05) is 22.7 Å². The number of fused-ring (bicyclic) bond motifs is 1. The molecular formula is C28H35FN4O. The fourth-order valence-corrected chi connectivity index (χ4v) is 4.18. The predicted molar refractivity (Wildman–Crippen MR) is 135 cm³/mol. The van der Waals surface area contributed by atoms with Crippen LogP contribution >= 0.6 is 0 Å². The van der Waals surface area contributed by atoms with Crippen LogP contribution in [0.5, 0.6) is 0 Å². The molecule has 1 fully saturated rings. The summed E-state index contributed by atoms with van der Waals surface area (Å²) >= 11 is 0. The molecule has 1 N–H and O–H groups in total. The smallest absolute Gasteiger partial charge is 0.156 e. The molecule has 0 atom stereocenters. The summed E-state index contributed by atoms with van der Waals surface area (Å²) in [5.74, 6) is 0.363. The van der Waals surface area contributed by atoms with Gasteiger partial charge in [-0.05, 0) is 68.5 Å². The summed E-state index contributed by atoms with van der Waals surface area (Å²) in [4.78, 5) is 0. The second kappa shape index (κ2) is 11.4. The number of hydrogen-bond donors (Lipinski definition) is 1. The summed E-state index contributed by atoms with van der Waals surface area (Å²) in [6.07, 6.45) is 5.37. The van der Waals surface area contributed by atoms with Crippen molar-refractivity contribution in [3.05, 3.63) is 64.1 Å². The van der Waals surface area contributed by atoms with Crippen molar-refractivity contribution < 1.29 is 9.13 Å². The van der Waals surface area contributed by atoms with Crippen molar-refractivity contribution in [2.75, 3.05) is 18.5 Å². The fourth-order valence-electron chi connectivity index (χ4n) is 4.18. The largest absolute Gasteiger partial charge is 0.380 e. The van der Waals surface area contributed by atoms with E-state index in [-0.39, 0.29) is 5.82 Å². The first-order valence-corrected chi connectivity index (χ1v) is 12.1. The normalized spacial score (nSPS) is 14.0. The number of ether oxygens (including phenoxy) is 1. The van der Waals surface area contributed by atoms with Crippen molar-refractivity contribution in [2.45, 2.75) is 66.8 Å². The average Bonchev–Trinajstić information content (AvgIpc) is 2.81. The molecule has 0 amide bonds. The molecule has 3 aromatic rings. The lowest BCUT2D eigenvalue weighted by Crippen LogP contribution is -2.41. The van der Waals surface area contributed by atoms with Gasteiger partial charge < -0.3 is 10.1 Å². The van der Waals surface area contributed by atoms with E-state index in [9.17, 15) is 4.39 Å². The molecule has 1 aliphatic heterocycles. The minimum Gasteiger partial charge on any atom is -0.380 e. The van der Waals surface area contributed by atoms with Crippen LogP contribution in [-0.4, -0.2) is 23.4 Å². The second-order valence-electron chi connectivity index (χ2n) is 9.29. The van der Waals surface area contributed by atoms with E-state index < -0.39 is 0 Å². The lowest BCUT2D eigenvalue weighted by Gasteiger charge is -2.41. The number of aromatic nitrogens is 2. The molecular weight excluding hydrogens is 427 g/mol. The Morgan fingerprint density at radius 2 is 1.88 bits per heavy atom. The van der Waals surface area contributed by atoms with Gasteiger partial charge in [0.1, 0.15) is 5.82 Å². The number of nitriles is 1. The summed E-state index contributed by atoms with van der Waals surface area (Å²) in [7, 11) is 0. The zero-order valence-electron chi connectivity index (χ0n) is 21.0. The molecule has 2 aromatic carbocycles. The third-order valence-electron chi connectivity index (χ3n) is 6.88. The zero-order chi connectivity index (χ0) is 24.7. The zero-order valence-corrected chi connectivity index (χ0v) is 21.0. The van der Waals surface area contributed by atoms with Crippen molar-refractivity contribution in [1.82, 2.24) is 10.2 Å². The minimum atomic E-state index is -0.248. The van der Waals surface area contributed by atoms with Crippen LogP contribution in [0.4, 0.5) is 10.2 Å². The third kappa shape index (κ3) is 5.71. The highest BCUT2D eigenvalue weighted by atomic mass is 19.1. The summed E-state index contributed by atoms with van der Waals surface area (Å²) < 4.78 is 19.1. The van der Waals surface area contributed by atoms with Crippen LogP contribution in [0.3, 0.4) is 0 Å². The molecule has 5 nitrogen and oxygen atoms in total. The maximum Gasteiger partial charge on any atom is 0.156 e. The van der Waals surface area contributed by atoms with Crippen molar-refractivity contribution in [1.29, 1.82) is 5.26 Å². The summed E-state index contributed by atoms with van der Waals surface area (Å²) in [5.41, 5.74) is 4.48. The molecule has 6 heteroatoms. The van der Waals surface area contributed by atoms with Gasteiger partial charge in [-0.2, -0.15) is 10.4 Å². The number of benzene rings is 2. The van der Waals surface area contributed by atoms with Gasteiger partial charge in [-0.25, -0.2) is 4.39 Å². The van der Waals surface area contributed by atoms with Crippen LogP contribution in [0.15, 0.2) is 30.3 Å². The highest BCUT2D eigenvalue weighted by Crippen LogP contribution is 2.36. The molecule has 2 heterocycles. The van der Waals surface area contributed by atoms with E-state index in [0.29, 0.717) is 34.6 Å². The van der Waals surface area contributed by atoms with Gasteiger partial charge in [-0.15, -0.1) is 5.10 Å². The molecule has 0 unspecified atom stereocenters. The maximum atomic E-state index is 13.8. The molecule has 0 spiro atoms. The molecule has 180 valence electrons. The first-order chi connectivity index (χ1) is 16.3.